The first-order chi connectivity index (χ1) is 12.3. The number of aryl methyl sites for hydroxylation is 1. The normalized spacial score (nSPS) is 11.2. The van der Waals surface area contributed by atoms with Crippen molar-refractivity contribution in [2.45, 2.75) is 19.4 Å². The monoisotopic (exact) mass is 329 g/mol. The first-order valence-electron chi connectivity index (χ1n) is 8.33. The number of benzene rings is 1. The van der Waals surface area contributed by atoms with Gasteiger partial charge in [-0.25, -0.2) is 9.97 Å². The third-order valence-corrected chi connectivity index (χ3v) is 4.39. The van der Waals surface area contributed by atoms with Crippen molar-refractivity contribution < 1.29 is 0 Å². The highest BCUT2D eigenvalue weighted by Gasteiger charge is 2.15. The minimum Gasteiger partial charge on any atom is -0.383 e. The summed E-state index contributed by atoms with van der Waals surface area (Å²) in [4.78, 5) is 13.2. The van der Waals surface area contributed by atoms with Gasteiger partial charge in [-0.15, -0.1) is 6.58 Å². The SMILES string of the molecule is C=CCCCn1cc(-c2cnc3ccccc3c2)c2c(N)ncnc21. The van der Waals surface area contributed by atoms with E-state index < -0.39 is 0 Å². The molecule has 25 heavy (non-hydrogen) atoms. The van der Waals surface area contributed by atoms with Crippen molar-refractivity contribution in [3.8, 4) is 11.1 Å². The van der Waals surface area contributed by atoms with E-state index in [0.717, 1.165) is 52.4 Å². The Labute approximate surface area is 145 Å². The number of nitrogens with two attached hydrogens (primary N) is 1. The maximum Gasteiger partial charge on any atom is 0.146 e. The number of nitrogens with zero attached hydrogens (tertiary/aromatic N) is 4. The summed E-state index contributed by atoms with van der Waals surface area (Å²) < 4.78 is 2.14. The predicted octanol–water partition coefficient (Wildman–Crippen LogP) is 4.19. The van der Waals surface area contributed by atoms with Gasteiger partial charge in [-0.2, -0.15) is 0 Å². The number of anilines is 1. The van der Waals surface area contributed by atoms with E-state index in [9.17, 15) is 0 Å². The Morgan fingerprint density at radius 3 is 2.92 bits per heavy atom. The minimum atomic E-state index is 0.496. The predicted molar refractivity (Wildman–Crippen MR) is 102 cm³/mol. The number of hydrogen-bond donors (Lipinski definition) is 1. The molecule has 4 rings (SSSR count). The first kappa shape index (κ1) is 15.3. The van der Waals surface area contributed by atoms with Gasteiger partial charge < -0.3 is 10.3 Å². The Hall–Kier alpha value is -3.21. The Morgan fingerprint density at radius 1 is 1.16 bits per heavy atom. The smallest absolute Gasteiger partial charge is 0.146 e. The van der Waals surface area contributed by atoms with Gasteiger partial charge in [-0.1, -0.05) is 24.3 Å². The molecule has 3 aromatic heterocycles. The lowest BCUT2D eigenvalue weighted by Gasteiger charge is -2.03. The number of rotatable bonds is 5. The molecule has 1 aromatic carbocycles. The number of fused-ring (bicyclic) bond motifs is 2. The van der Waals surface area contributed by atoms with Crippen molar-refractivity contribution in [2.75, 3.05) is 5.73 Å². The van der Waals surface area contributed by atoms with Crippen LogP contribution in [0.5, 0.6) is 0 Å². The molecule has 2 N–H and O–H groups in total. The van der Waals surface area contributed by atoms with Crippen LogP contribution in [0.3, 0.4) is 0 Å². The number of unbranched alkanes of at least 4 members (excludes halogenated alkanes) is 1. The summed E-state index contributed by atoms with van der Waals surface area (Å²) in [5, 5.41) is 1.99. The second-order valence-corrected chi connectivity index (χ2v) is 6.04. The van der Waals surface area contributed by atoms with Gasteiger partial charge in [-0.05, 0) is 25.0 Å². The highest BCUT2D eigenvalue weighted by Crippen LogP contribution is 2.33. The molecule has 0 aliphatic rings. The maximum absolute atomic E-state index is 6.17. The second kappa shape index (κ2) is 6.36. The molecular formula is C20H19N5. The van der Waals surface area contributed by atoms with Crippen LogP contribution in [0.15, 0.2) is 61.7 Å². The van der Waals surface area contributed by atoms with Crippen LogP contribution < -0.4 is 5.73 Å². The fourth-order valence-corrected chi connectivity index (χ4v) is 3.16. The van der Waals surface area contributed by atoms with Crippen LogP contribution in [-0.4, -0.2) is 19.5 Å². The summed E-state index contributed by atoms with van der Waals surface area (Å²) in [5.41, 5.74) is 10.1. The van der Waals surface area contributed by atoms with Crippen LogP contribution in [0, 0.1) is 0 Å². The molecule has 0 spiro atoms. The van der Waals surface area contributed by atoms with Gasteiger partial charge in [0.15, 0.2) is 0 Å². The Kier molecular flexibility index (Phi) is 3.90. The lowest BCUT2D eigenvalue weighted by molar-refractivity contribution is 0.666. The number of allylic oxidation sites excluding steroid dienone is 1. The molecule has 0 atom stereocenters. The van der Waals surface area contributed by atoms with Crippen LogP contribution in [0.2, 0.25) is 0 Å². The second-order valence-electron chi connectivity index (χ2n) is 6.04. The van der Waals surface area contributed by atoms with Crippen LogP contribution in [-0.2, 0) is 6.54 Å². The van der Waals surface area contributed by atoms with Gasteiger partial charge in [-0.3, -0.25) is 4.98 Å². The summed E-state index contributed by atoms with van der Waals surface area (Å²) in [6.07, 6.45) is 9.41. The van der Waals surface area contributed by atoms with Crippen molar-refractivity contribution >= 4 is 27.8 Å². The molecule has 0 radical (unpaired) electrons. The van der Waals surface area contributed by atoms with Gasteiger partial charge in [0, 0.05) is 35.5 Å². The third kappa shape index (κ3) is 2.74. The average molecular weight is 329 g/mol. The van der Waals surface area contributed by atoms with Gasteiger partial charge >= 0.3 is 0 Å². The summed E-state index contributed by atoms with van der Waals surface area (Å²) >= 11 is 0. The summed E-state index contributed by atoms with van der Waals surface area (Å²) in [7, 11) is 0. The zero-order chi connectivity index (χ0) is 17.2. The quantitative estimate of drug-likeness (QED) is 0.440. The van der Waals surface area contributed by atoms with E-state index in [4.69, 9.17) is 5.73 Å². The molecule has 124 valence electrons. The highest BCUT2D eigenvalue weighted by atomic mass is 15.1. The third-order valence-electron chi connectivity index (χ3n) is 4.39. The van der Waals surface area contributed by atoms with E-state index in [1.54, 1.807) is 0 Å². The van der Waals surface area contributed by atoms with Crippen LogP contribution in [0.25, 0.3) is 33.1 Å². The number of para-hydroxylation sites is 1. The minimum absolute atomic E-state index is 0.496. The van der Waals surface area contributed by atoms with E-state index in [1.807, 2.05) is 30.5 Å². The number of aromatic nitrogens is 4. The van der Waals surface area contributed by atoms with Crippen LogP contribution in [0.4, 0.5) is 5.82 Å². The molecule has 0 aliphatic heterocycles. The van der Waals surface area contributed by atoms with E-state index in [2.05, 4.69) is 44.4 Å². The molecule has 0 unspecified atom stereocenters. The molecule has 0 aliphatic carbocycles. The zero-order valence-corrected chi connectivity index (χ0v) is 13.9. The van der Waals surface area contributed by atoms with E-state index in [-0.39, 0.29) is 0 Å². The highest BCUT2D eigenvalue weighted by molar-refractivity contribution is 6.01. The summed E-state index contributed by atoms with van der Waals surface area (Å²) in [6.45, 7) is 4.65. The number of pyridine rings is 1. The van der Waals surface area contributed by atoms with Gasteiger partial charge in [0.05, 0.1) is 10.9 Å². The molecule has 0 fully saturated rings. The van der Waals surface area contributed by atoms with Crippen molar-refractivity contribution in [3.05, 3.63) is 61.7 Å². The van der Waals surface area contributed by atoms with Gasteiger partial charge in [0.2, 0.25) is 0 Å². The van der Waals surface area contributed by atoms with Gasteiger partial charge in [0.1, 0.15) is 17.8 Å². The molecule has 0 bridgehead atoms. The summed E-state index contributed by atoms with van der Waals surface area (Å²) in [5.74, 6) is 0.496. The van der Waals surface area contributed by atoms with E-state index in [0.29, 0.717) is 5.82 Å². The zero-order valence-electron chi connectivity index (χ0n) is 13.9. The molecule has 3 heterocycles. The number of nitrogen functional groups attached to an aromatic ring is 1. The molecule has 0 saturated carbocycles. The van der Waals surface area contributed by atoms with Crippen LogP contribution in [0.1, 0.15) is 12.8 Å². The van der Waals surface area contributed by atoms with Crippen molar-refractivity contribution in [3.63, 3.8) is 0 Å². The fourth-order valence-electron chi connectivity index (χ4n) is 3.16. The lowest BCUT2D eigenvalue weighted by Crippen LogP contribution is -1.99. The fraction of sp³-hybridized carbons (Fsp3) is 0.150. The molecular weight excluding hydrogens is 310 g/mol. The first-order valence-corrected chi connectivity index (χ1v) is 8.33. The maximum atomic E-state index is 6.17. The van der Waals surface area contributed by atoms with Crippen LogP contribution >= 0.6 is 0 Å². The average Bonchev–Trinajstić information content (AvgIpc) is 3.02. The van der Waals surface area contributed by atoms with Crippen molar-refractivity contribution in [1.82, 2.24) is 19.5 Å². The Bertz CT molecular complexity index is 1060. The number of hydrogen-bond acceptors (Lipinski definition) is 4. The largest absolute Gasteiger partial charge is 0.383 e. The lowest BCUT2D eigenvalue weighted by atomic mass is 10.1. The topological polar surface area (TPSA) is 69.6 Å². The molecule has 5 heteroatoms. The summed E-state index contributed by atoms with van der Waals surface area (Å²) in [6, 6.07) is 10.2. The van der Waals surface area contributed by atoms with Gasteiger partial charge in [0.25, 0.3) is 0 Å². The molecule has 5 nitrogen and oxygen atoms in total. The molecule has 0 saturated heterocycles. The Balaban J connectivity index is 1.88. The molecule has 4 aromatic rings. The van der Waals surface area contributed by atoms with Crippen molar-refractivity contribution in [2.24, 2.45) is 0 Å². The van der Waals surface area contributed by atoms with E-state index in [1.165, 1.54) is 6.33 Å². The van der Waals surface area contributed by atoms with Crippen molar-refractivity contribution in [1.29, 1.82) is 0 Å². The van der Waals surface area contributed by atoms with E-state index >= 15 is 0 Å². The standard InChI is InChI=1S/C20H19N5/c1-2-3-6-9-25-12-16(18-19(21)23-13-24-20(18)25)15-10-14-7-4-5-8-17(14)22-11-15/h2,4-5,7-8,10-13H,1,3,6,9H2,(H2,21,23,24). The molecule has 0 amide bonds. The Morgan fingerprint density at radius 2 is 2.04 bits per heavy atom.